The zero-order valence-corrected chi connectivity index (χ0v) is 20.6. The van der Waals surface area contributed by atoms with E-state index in [1.807, 2.05) is 24.5 Å². The van der Waals surface area contributed by atoms with E-state index >= 15 is 0 Å². The summed E-state index contributed by atoms with van der Waals surface area (Å²) in [4.78, 5) is 28.2. The lowest BCUT2D eigenvalue weighted by Crippen LogP contribution is -2.52. The number of hydrogen-bond donors (Lipinski definition) is 0. The van der Waals surface area contributed by atoms with Gasteiger partial charge in [0.25, 0.3) is 11.8 Å². The second kappa shape index (κ2) is 8.43. The van der Waals surface area contributed by atoms with Crippen LogP contribution in [0, 0.1) is 0 Å². The van der Waals surface area contributed by atoms with E-state index in [4.69, 9.17) is 16.6 Å². The Labute approximate surface area is 213 Å². The van der Waals surface area contributed by atoms with E-state index in [1.165, 1.54) is 26.5 Å². The molecule has 0 saturated carbocycles. The molecule has 4 aromatic rings. The molecule has 3 aromatic carbocycles. The van der Waals surface area contributed by atoms with Gasteiger partial charge in [-0.15, -0.1) is 0 Å². The summed E-state index contributed by atoms with van der Waals surface area (Å²) in [7, 11) is 3.16. The molecule has 36 heavy (non-hydrogen) atoms. The number of nitrogens with zero attached hydrogens (tertiary/aromatic N) is 2. The van der Waals surface area contributed by atoms with Crippen molar-refractivity contribution < 1.29 is 14.0 Å². The van der Waals surface area contributed by atoms with Gasteiger partial charge in [-0.25, -0.2) is 0 Å². The van der Waals surface area contributed by atoms with Gasteiger partial charge in [-0.3, -0.25) is 19.4 Å². The van der Waals surface area contributed by atoms with E-state index in [1.54, 1.807) is 26.4 Å². The SMILES string of the molecule is CN1C(=O)C(=Cc2ccc3c4c(ccc3c2)C=Cc2ccccc2C4c2ccoc2)C(=O)N(C)C1=S. The van der Waals surface area contributed by atoms with Gasteiger partial charge in [-0.2, -0.15) is 0 Å². The normalized spacial score (nSPS) is 17.3. The first kappa shape index (κ1) is 22.2. The number of rotatable bonds is 2. The van der Waals surface area contributed by atoms with Gasteiger partial charge in [0.15, 0.2) is 5.11 Å². The summed E-state index contributed by atoms with van der Waals surface area (Å²) in [6.07, 6.45) is 9.50. The minimum absolute atomic E-state index is 0.00247. The molecular weight excluding hydrogens is 468 g/mol. The Bertz CT molecular complexity index is 1610. The van der Waals surface area contributed by atoms with Crippen LogP contribution in [0.4, 0.5) is 0 Å². The molecule has 1 aliphatic heterocycles. The monoisotopic (exact) mass is 490 g/mol. The molecule has 0 spiro atoms. The van der Waals surface area contributed by atoms with Crippen LogP contribution in [0.25, 0.3) is 29.0 Å². The van der Waals surface area contributed by atoms with Gasteiger partial charge in [0, 0.05) is 25.6 Å². The molecule has 1 aromatic heterocycles. The van der Waals surface area contributed by atoms with Crippen LogP contribution < -0.4 is 0 Å². The lowest BCUT2D eigenvalue weighted by atomic mass is 9.81. The Morgan fingerprint density at radius 2 is 1.64 bits per heavy atom. The predicted octanol–water partition coefficient (Wildman–Crippen LogP) is 5.70. The lowest BCUT2D eigenvalue weighted by Gasteiger charge is -2.31. The smallest absolute Gasteiger partial charge is 0.265 e. The standard InChI is InChI=1S/C30H22N2O3S/c1-31-28(33)25(29(34)32(2)30(31)36)16-18-7-12-24-21(15-18)11-10-20-9-8-19-5-3-4-6-23(19)27(26(20)24)22-13-14-35-17-22/h3-17,27H,1-2H3. The molecule has 0 radical (unpaired) electrons. The molecule has 6 rings (SSSR count). The zero-order chi connectivity index (χ0) is 25.0. The van der Waals surface area contributed by atoms with Crippen LogP contribution in [0.15, 0.2) is 83.2 Å². The molecule has 2 heterocycles. The maximum absolute atomic E-state index is 12.8. The topological polar surface area (TPSA) is 53.8 Å². The second-order valence-corrected chi connectivity index (χ2v) is 9.44. The largest absolute Gasteiger partial charge is 0.472 e. The second-order valence-electron chi connectivity index (χ2n) is 9.07. The van der Waals surface area contributed by atoms with Gasteiger partial charge in [0.1, 0.15) is 5.57 Å². The molecule has 1 fully saturated rings. The fourth-order valence-corrected chi connectivity index (χ4v) is 5.30. The van der Waals surface area contributed by atoms with Gasteiger partial charge in [-0.1, -0.05) is 60.7 Å². The van der Waals surface area contributed by atoms with Crippen molar-refractivity contribution in [2.75, 3.05) is 14.1 Å². The number of carbonyl (C=O) groups excluding carboxylic acids is 2. The maximum Gasteiger partial charge on any atom is 0.265 e. The third-order valence-electron chi connectivity index (χ3n) is 6.99. The van der Waals surface area contributed by atoms with Crippen LogP contribution in [0.1, 0.15) is 39.3 Å². The molecule has 6 heteroatoms. The highest BCUT2D eigenvalue weighted by atomic mass is 32.1. The van der Waals surface area contributed by atoms with Crippen LogP contribution >= 0.6 is 12.2 Å². The summed E-state index contributed by atoms with van der Waals surface area (Å²) in [5.74, 6) is -0.790. The molecule has 1 aliphatic carbocycles. The Morgan fingerprint density at radius 3 is 2.39 bits per heavy atom. The third kappa shape index (κ3) is 3.41. The maximum atomic E-state index is 12.8. The van der Waals surface area contributed by atoms with Crippen LogP contribution in [-0.4, -0.2) is 40.8 Å². The Morgan fingerprint density at radius 1 is 0.889 bits per heavy atom. The molecule has 5 nitrogen and oxygen atoms in total. The van der Waals surface area contributed by atoms with Crippen molar-refractivity contribution in [3.05, 3.63) is 112 Å². The van der Waals surface area contributed by atoms with Crippen molar-refractivity contribution >= 4 is 58.1 Å². The van der Waals surface area contributed by atoms with Crippen molar-refractivity contribution in [2.45, 2.75) is 5.92 Å². The minimum atomic E-state index is -0.396. The number of benzene rings is 3. The number of thiocarbonyl (C=S) groups is 1. The molecule has 176 valence electrons. The Kier molecular flexibility index (Phi) is 5.20. The minimum Gasteiger partial charge on any atom is -0.472 e. The van der Waals surface area contributed by atoms with Crippen LogP contribution in [-0.2, 0) is 9.59 Å². The van der Waals surface area contributed by atoms with Crippen molar-refractivity contribution in [3.63, 3.8) is 0 Å². The summed E-state index contributed by atoms with van der Waals surface area (Å²) in [5, 5.41) is 2.33. The Balaban J connectivity index is 1.52. The van der Waals surface area contributed by atoms with Gasteiger partial charge < -0.3 is 4.42 Å². The Hall–Kier alpha value is -4.29. The average molecular weight is 491 g/mol. The molecule has 0 N–H and O–H groups in total. The first-order valence-electron chi connectivity index (χ1n) is 11.6. The van der Waals surface area contributed by atoms with E-state index < -0.39 is 11.8 Å². The molecule has 1 unspecified atom stereocenters. The summed E-state index contributed by atoms with van der Waals surface area (Å²) >= 11 is 5.20. The van der Waals surface area contributed by atoms with E-state index in [9.17, 15) is 9.59 Å². The first-order chi connectivity index (χ1) is 17.4. The number of furan rings is 1. The summed E-state index contributed by atoms with van der Waals surface area (Å²) in [5.41, 5.74) is 6.69. The van der Waals surface area contributed by atoms with E-state index in [-0.39, 0.29) is 16.6 Å². The highest BCUT2D eigenvalue weighted by Gasteiger charge is 2.35. The molecule has 1 atom stereocenters. The number of carbonyl (C=O) groups is 2. The zero-order valence-electron chi connectivity index (χ0n) is 19.8. The fourth-order valence-electron chi connectivity index (χ4n) is 5.13. The van der Waals surface area contributed by atoms with Crippen LogP contribution in [0.3, 0.4) is 0 Å². The van der Waals surface area contributed by atoms with Crippen molar-refractivity contribution in [3.8, 4) is 0 Å². The number of hydrogen-bond acceptors (Lipinski definition) is 4. The highest BCUT2D eigenvalue weighted by molar-refractivity contribution is 7.80. The highest BCUT2D eigenvalue weighted by Crippen LogP contribution is 2.43. The summed E-state index contributed by atoms with van der Waals surface area (Å²) < 4.78 is 5.49. The average Bonchev–Trinajstić information content (AvgIpc) is 3.37. The summed E-state index contributed by atoms with van der Waals surface area (Å²) in [6.45, 7) is 0. The van der Waals surface area contributed by atoms with E-state index in [2.05, 4.69) is 54.6 Å². The van der Waals surface area contributed by atoms with Crippen LogP contribution in [0.2, 0.25) is 0 Å². The predicted molar refractivity (Wildman–Crippen MR) is 145 cm³/mol. The van der Waals surface area contributed by atoms with Gasteiger partial charge in [0.2, 0.25) is 0 Å². The van der Waals surface area contributed by atoms with Crippen molar-refractivity contribution in [1.29, 1.82) is 0 Å². The van der Waals surface area contributed by atoms with Crippen molar-refractivity contribution in [2.24, 2.45) is 0 Å². The molecule has 2 amide bonds. The van der Waals surface area contributed by atoms with E-state index in [0.29, 0.717) is 0 Å². The first-order valence-corrected chi connectivity index (χ1v) is 12.0. The molecular formula is C30H22N2O3S. The number of amides is 2. The quantitative estimate of drug-likeness (QED) is 0.181. The molecule has 2 aliphatic rings. The van der Waals surface area contributed by atoms with Gasteiger partial charge in [-0.05, 0) is 69.0 Å². The van der Waals surface area contributed by atoms with Gasteiger partial charge in [0.05, 0.1) is 12.5 Å². The van der Waals surface area contributed by atoms with Crippen molar-refractivity contribution in [1.82, 2.24) is 9.80 Å². The number of likely N-dealkylation sites (N-methyl/N-ethyl adjacent to an activating group) is 2. The third-order valence-corrected chi connectivity index (χ3v) is 7.54. The number of fused-ring (bicyclic) bond motifs is 4. The fraction of sp³-hybridized carbons (Fsp3) is 0.100. The van der Waals surface area contributed by atoms with Crippen LogP contribution in [0.5, 0.6) is 0 Å². The molecule has 0 bridgehead atoms. The summed E-state index contributed by atoms with van der Waals surface area (Å²) in [6, 6.07) is 20.7. The lowest BCUT2D eigenvalue weighted by molar-refractivity contribution is -0.132. The van der Waals surface area contributed by atoms with E-state index in [0.717, 1.165) is 27.5 Å². The molecule has 1 saturated heterocycles. The van der Waals surface area contributed by atoms with Gasteiger partial charge >= 0.3 is 0 Å².